The van der Waals surface area contributed by atoms with Gasteiger partial charge < -0.3 is 9.80 Å². The number of amides is 1. The van der Waals surface area contributed by atoms with Crippen LogP contribution in [0, 0.1) is 13.8 Å². The first-order valence-corrected chi connectivity index (χ1v) is 12.9. The largest absolute Gasteiger partial charge is 0.320 e. The van der Waals surface area contributed by atoms with Gasteiger partial charge in [-0.25, -0.2) is 0 Å². The summed E-state index contributed by atoms with van der Waals surface area (Å²) in [6.07, 6.45) is 4.19. The molecule has 0 radical (unpaired) electrons. The maximum Gasteiger partial charge on any atom is 0.282 e. The van der Waals surface area contributed by atoms with Crippen LogP contribution in [0.15, 0.2) is 72.8 Å². The van der Waals surface area contributed by atoms with Gasteiger partial charge in [-0.3, -0.25) is 4.79 Å². The number of carbonyl (C=O) groups excluding carboxylic acids is 1. The summed E-state index contributed by atoms with van der Waals surface area (Å²) in [7, 11) is 0. The standard InChI is InChI=1S/C30H35ClN2O/c1-4-27(30(34)32-29-22(2)11-10-12-23(29)3)33(21-24-16-18-26(31)19-17-24)20-9-8-15-28(33)25-13-6-5-7-14-25/h5-7,10-14,16-19,27-28H,4,8-9,15,20-21H2,1-3H3/p+1. The molecule has 1 fully saturated rings. The third-order valence-electron chi connectivity index (χ3n) is 7.54. The molecule has 178 valence electrons. The van der Waals surface area contributed by atoms with Crippen molar-refractivity contribution in [1.82, 2.24) is 0 Å². The van der Waals surface area contributed by atoms with E-state index in [1.54, 1.807) is 0 Å². The number of aryl methyl sites for hydroxylation is 2. The van der Waals surface area contributed by atoms with Crippen LogP contribution in [0.1, 0.15) is 60.9 Å². The minimum atomic E-state index is -0.153. The summed E-state index contributed by atoms with van der Waals surface area (Å²) in [5.41, 5.74) is 5.71. The van der Waals surface area contributed by atoms with E-state index in [0.29, 0.717) is 0 Å². The van der Waals surface area contributed by atoms with Crippen molar-refractivity contribution >= 4 is 23.2 Å². The number of carbonyl (C=O) groups is 1. The number of nitrogens with one attached hydrogen (secondary N) is 1. The molecule has 1 saturated heterocycles. The second-order valence-corrected chi connectivity index (χ2v) is 10.1. The molecule has 3 unspecified atom stereocenters. The lowest BCUT2D eigenvalue weighted by molar-refractivity contribution is -0.987. The second-order valence-electron chi connectivity index (χ2n) is 9.71. The fourth-order valence-corrected chi connectivity index (χ4v) is 6.02. The summed E-state index contributed by atoms with van der Waals surface area (Å²) < 4.78 is 0.749. The first-order valence-electron chi connectivity index (χ1n) is 12.5. The Morgan fingerprint density at radius 1 is 0.971 bits per heavy atom. The summed E-state index contributed by atoms with van der Waals surface area (Å²) in [5, 5.41) is 4.09. The lowest BCUT2D eigenvalue weighted by Crippen LogP contribution is -2.62. The predicted octanol–water partition coefficient (Wildman–Crippen LogP) is 7.62. The van der Waals surface area contributed by atoms with Gasteiger partial charge in [0.15, 0.2) is 6.04 Å². The zero-order valence-corrected chi connectivity index (χ0v) is 21.3. The molecule has 0 aromatic heterocycles. The van der Waals surface area contributed by atoms with E-state index in [1.807, 2.05) is 18.2 Å². The topological polar surface area (TPSA) is 29.1 Å². The molecule has 1 amide bonds. The van der Waals surface area contributed by atoms with Crippen molar-refractivity contribution in [3.05, 3.63) is 100 Å². The molecule has 3 nitrogen and oxygen atoms in total. The highest BCUT2D eigenvalue weighted by atomic mass is 35.5. The number of para-hydroxylation sites is 1. The first-order chi connectivity index (χ1) is 16.4. The monoisotopic (exact) mass is 475 g/mol. The number of rotatable bonds is 7. The summed E-state index contributed by atoms with van der Waals surface area (Å²) in [6.45, 7) is 8.09. The Morgan fingerprint density at radius 2 is 1.65 bits per heavy atom. The Balaban J connectivity index is 1.78. The Morgan fingerprint density at radius 3 is 2.29 bits per heavy atom. The zero-order chi connectivity index (χ0) is 24.1. The van der Waals surface area contributed by atoms with Gasteiger partial charge in [0, 0.05) is 34.7 Å². The summed E-state index contributed by atoms with van der Waals surface area (Å²) in [4.78, 5) is 14.0. The van der Waals surface area contributed by atoms with Crippen LogP contribution in [0.2, 0.25) is 5.02 Å². The van der Waals surface area contributed by atoms with Crippen molar-refractivity contribution < 1.29 is 9.28 Å². The molecule has 0 spiro atoms. The van der Waals surface area contributed by atoms with Crippen LogP contribution in [0.25, 0.3) is 0 Å². The van der Waals surface area contributed by atoms with Crippen molar-refractivity contribution in [3.8, 4) is 0 Å². The maximum atomic E-state index is 14.0. The summed E-state index contributed by atoms with van der Waals surface area (Å²) in [6, 6.07) is 25.3. The number of likely N-dealkylation sites (tertiary alicyclic amines) is 1. The Bertz CT molecular complexity index is 1090. The molecular weight excluding hydrogens is 440 g/mol. The van der Waals surface area contributed by atoms with Gasteiger partial charge in [-0.15, -0.1) is 0 Å². The minimum absolute atomic E-state index is 0.122. The maximum absolute atomic E-state index is 14.0. The number of anilines is 1. The van der Waals surface area contributed by atoms with Crippen molar-refractivity contribution in [2.45, 2.75) is 65.1 Å². The number of quaternary nitrogens is 1. The van der Waals surface area contributed by atoms with Gasteiger partial charge >= 0.3 is 0 Å². The molecule has 4 rings (SSSR count). The average molecular weight is 476 g/mol. The van der Waals surface area contributed by atoms with E-state index in [1.165, 1.54) is 17.5 Å². The number of halogens is 1. The van der Waals surface area contributed by atoms with Crippen molar-refractivity contribution in [1.29, 1.82) is 0 Å². The predicted molar refractivity (Wildman–Crippen MR) is 142 cm³/mol. The van der Waals surface area contributed by atoms with Gasteiger partial charge in [0.2, 0.25) is 0 Å². The summed E-state index contributed by atoms with van der Waals surface area (Å²) >= 11 is 6.20. The number of hydrogen-bond acceptors (Lipinski definition) is 1. The molecule has 3 aromatic carbocycles. The normalized spacial score (nSPS) is 21.1. The van der Waals surface area contributed by atoms with Crippen molar-refractivity contribution in [2.24, 2.45) is 0 Å². The number of piperidine rings is 1. The van der Waals surface area contributed by atoms with E-state index in [4.69, 9.17) is 11.6 Å². The molecule has 1 N–H and O–H groups in total. The average Bonchev–Trinajstić information content (AvgIpc) is 2.84. The van der Waals surface area contributed by atoms with Gasteiger partial charge in [0.05, 0.1) is 6.54 Å². The van der Waals surface area contributed by atoms with Crippen LogP contribution in [0.5, 0.6) is 0 Å². The van der Waals surface area contributed by atoms with Crippen molar-refractivity contribution in [2.75, 3.05) is 11.9 Å². The minimum Gasteiger partial charge on any atom is -0.320 e. The third kappa shape index (κ3) is 5.06. The van der Waals surface area contributed by atoms with Crippen LogP contribution >= 0.6 is 11.6 Å². The number of benzene rings is 3. The lowest BCUT2D eigenvalue weighted by Gasteiger charge is -2.52. The van der Waals surface area contributed by atoms with Crippen LogP contribution in [0.4, 0.5) is 5.69 Å². The highest BCUT2D eigenvalue weighted by Gasteiger charge is 2.48. The molecule has 1 aliphatic heterocycles. The van der Waals surface area contributed by atoms with Crippen LogP contribution in [-0.2, 0) is 11.3 Å². The number of nitrogens with zero attached hydrogens (tertiary/aromatic N) is 1. The van der Waals surface area contributed by atoms with Crippen LogP contribution < -0.4 is 5.32 Å². The Kier molecular flexibility index (Phi) is 7.75. The Hall–Kier alpha value is -2.62. The van der Waals surface area contributed by atoms with Gasteiger partial charge in [-0.2, -0.15) is 0 Å². The molecule has 3 aromatic rings. The molecule has 1 aliphatic rings. The molecule has 0 bridgehead atoms. The van der Waals surface area contributed by atoms with Crippen molar-refractivity contribution in [3.63, 3.8) is 0 Å². The molecule has 0 aliphatic carbocycles. The first kappa shape index (κ1) is 24.5. The van der Waals surface area contributed by atoms with E-state index < -0.39 is 0 Å². The van der Waals surface area contributed by atoms with E-state index in [2.05, 4.69) is 80.7 Å². The summed E-state index contributed by atoms with van der Waals surface area (Å²) in [5.74, 6) is 0.122. The second kappa shape index (κ2) is 10.8. The van der Waals surface area contributed by atoms with Crippen LogP contribution in [-0.4, -0.2) is 23.0 Å². The fraction of sp³-hybridized carbons (Fsp3) is 0.367. The highest BCUT2D eigenvalue weighted by molar-refractivity contribution is 6.30. The van der Waals surface area contributed by atoms with Gasteiger partial charge in [0.1, 0.15) is 12.6 Å². The smallest absolute Gasteiger partial charge is 0.282 e. The van der Waals surface area contributed by atoms with Gasteiger partial charge in [-0.1, -0.05) is 79.2 Å². The SMILES string of the molecule is CCC(C(=O)Nc1c(C)cccc1C)[N+]1(Cc2ccc(Cl)cc2)CCCCC1c1ccccc1. The number of hydrogen-bond donors (Lipinski definition) is 1. The molecule has 3 atom stereocenters. The fourth-order valence-electron chi connectivity index (χ4n) is 5.90. The van der Waals surface area contributed by atoms with E-state index in [-0.39, 0.29) is 18.0 Å². The molecule has 0 saturated carbocycles. The van der Waals surface area contributed by atoms with E-state index >= 15 is 0 Å². The van der Waals surface area contributed by atoms with Gasteiger partial charge in [-0.05, 0) is 49.9 Å². The van der Waals surface area contributed by atoms with Gasteiger partial charge in [0.25, 0.3) is 5.91 Å². The molecule has 34 heavy (non-hydrogen) atoms. The lowest BCUT2D eigenvalue weighted by atomic mass is 9.87. The third-order valence-corrected chi connectivity index (χ3v) is 7.79. The van der Waals surface area contributed by atoms with Crippen LogP contribution in [0.3, 0.4) is 0 Å². The van der Waals surface area contributed by atoms with E-state index in [9.17, 15) is 4.79 Å². The quantitative estimate of drug-likeness (QED) is 0.350. The molecule has 4 heteroatoms. The molecular formula is C30H36ClN2O+. The Labute approximate surface area is 209 Å². The van der Waals surface area contributed by atoms with E-state index in [0.717, 1.165) is 58.7 Å². The highest BCUT2D eigenvalue weighted by Crippen LogP contribution is 2.43. The molecule has 1 heterocycles. The zero-order valence-electron chi connectivity index (χ0n) is 20.6.